The van der Waals surface area contributed by atoms with Gasteiger partial charge in [0, 0.05) is 16.6 Å². The topological polar surface area (TPSA) is 143 Å². The number of fused-ring (bicyclic) bond motifs is 1. The number of aliphatic hydroxyl groups is 4. The van der Waals surface area contributed by atoms with E-state index in [1.807, 2.05) is 0 Å². The predicted octanol–water partition coefficient (Wildman–Crippen LogP) is -0.801. The molecule has 0 unspecified atom stereocenters. The Labute approximate surface area is 145 Å². The van der Waals surface area contributed by atoms with Crippen molar-refractivity contribution in [3.63, 3.8) is 0 Å². The average molecular weight is 351 g/mol. The number of hydrogen-bond donors (Lipinski definition) is 6. The Balaban J connectivity index is 2.41. The molecule has 25 heavy (non-hydrogen) atoms. The molecule has 1 heterocycles. The maximum Gasteiger partial charge on any atom is 0.251 e. The van der Waals surface area contributed by atoms with Gasteiger partial charge in [-0.25, -0.2) is 0 Å². The van der Waals surface area contributed by atoms with Gasteiger partial charge < -0.3 is 35.5 Å². The van der Waals surface area contributed by atoms with Crippen LogP contribution in [0.5, 0.6) is 0 Å². The van der Waals surface area contributed by atoms with Gasteiger partial charge in [0.05, 0.1) is 12.1 Å². The maximum atomic E-state index is 11.9. The number of benzene rings is 1. The summed E-state index contributed by atoms with van der Waals surface area (Å²) in [6.45, 7) is 2.69. The van der Waals surface area contributed by atoms with Crippen LogP contribution in [-0.2, 0) is 4.79 Å². The van der Waals surface area contributed by atoms with Crippen LogP contribution in [0.15, 0.2) is 23.0 Å². The molecule has 0 fully saturated rings. The summed E-state index contributed by atoms with van der Waals surface area (Å²) in [6, 6.07) is 3.20. The number of hydrogen-bond acceptors (Lipinski definition) is 7. The van der Waals surface area contributed by atoms with E-state index < -0.39 is 31.0 Å². The summed E-state index contributed by atoms with van der Waals surface area (Å²) in [4.78, 5) is 26.0. The van der Waals surface area contributed by atoms with Crippen LogP contribution >= 0.6 is 0 Å². The van der Waals surface area contributed by atoms with Crippen molar-refractivity contribution >= 4 is 22.9 Å². The van der Waals surface area contributed by atoms with Crippen LogP contribution in [0, 0.1) is 13.8 Å². The number of H-pyrrole nitrogens is 1. The summed E-state index contributed by atoms with van der Waals surface area (Å²) < 4.78 is 8.11. The van der Waals surface area contributed by atoms with Crippen LogP contribution < -0.4 is 10.9 Å². The van der Waals surface area contributed by atoms with E-state index in [4.69, 9.17) is 6.52 Å². The summed E-state index contributed by atoms with van der Waals surface area (Å²) in [5.41, 5.74) is 1.76. The molecule has 2 aromatic rings. The van der Waals surface area contributed by atoms with Crippen LogP contribution in [0.2, 0.25) is 1.41 Å². The van der Waals surface area contributed by atoms with Crippen LogP contribution in [-0.4, -0.2) is 62.7 Å². The summed E-state index contributed by atoms with van der Waals surface area (Å²) in [7, 11) is 0. The predicted molar refractivity (Wildman–Crippen MR) is 92.6 cm³/mol. The SMILES string of the molecule is [2H]N(c1ccc2c(C)c(C)c(=O)[nH]c2c1)[C@@H](C=O)[C@@H](O)[C@H](O)[C@H](O)CO. The van der Waals surface area contributed by atoms with E-state index in [0.717, 1.165) is 10.9 Å². The van der Waals surface area contributed by atoms with Gasteiger partial charge in [-0.15, -0.1) is 0 Å². The number of aldehydes is 1. The molecule has 0 aliphatic rings. The standard InChI is InChI=1S/C17H22N2O6/c1-8-9(2)17(25)19-12-5-10(3-4-11(8)12)18-13(6-20)15(23)16(24)14(22)7-21/h3-6,13-16,18,21-24H,7H2,1-2H3,(H,19,25)/t13-,14+,15+,16+/m0/s1/i/hD. The molecule has 1 aromatic carbocycles. The third kappa shape index (κ3) is 3.88. The molecule has 8 heteroatoms. The number of aromatic nitrogens is 1. The van der Waals surface area contributed by atoms with E-state index in [-0.39, 0.29) is 17.5 Å². The van der Waals surface area contributed by atoms with Crippen molar-refractivity contribution in [1.82, 2.24) is 4.98 Å². The molecule has 0 bridgehead atoms. The Morgan fingerprint density at radius 2 is 1.92 bits per heavy atom. The van der Waals surface area contributed by atoms with E-state index >= 15 is 0 Å². The zero-order chi connectivity index (χ0) is 19.6. The first-order valence-electron chi connectivity index (χ1n) is 8.19. The smallest absolute Gasteiger partial charge is 0.251 e. The Bertz CT molecular complexity index is 855. The molecule has 0 aliphatic carbocycles. The molecule has 2 rings (SSSR count). The second kappa shape index (κ2) is 7.75. The fourth-order valence-corrected chi connectivity index (χ4v) is 2.53. The summed E-state index contributed by atoms with van der Waals surface area (Å²) in [5, 5.41) is 39.6. The summed E-state index contributed by atoms with van der Waals surface area (Å²) in [5.74, 6) is 0. The van der Waals surface area contributed by atoms with E-state index in [1.165, 1.54) is 12.1 Å². The molecule has 0 saturated carbocycles. The number of anilines is 1. The van der Waals surface area contributed by atoms with Gasteiger partial charge >= 0.3 is 0 Å². The van der Waals surface area contributed by atoms with Crippen molar-refractivity contribution in [3.05, 3.63) is 39.7 Å². The van der Waals surface area contributed by atoms with E-state index in [2.05, 4.69) is 4.98 Å². The average Bonchev–Trinajstić information content (AvgIpc) is 2.64. The first-order valence-corrected chi connectivity index (χ1v) is 7.74. The van der Waals surface area contributed by atoms with Gasteiger partial charge in [-0.2, -0.15) is 0 Å². The Morgan fingerprint density at radius 1 is 1.24 bits per heavy atom. The van der Waals surface area contributed by atoms with Gasteiger partial charge in [-0.3, -0.25) is 4.79 Å². The van der Waals surface area contributed by atoms with Crippen LogP contribution in [0.25, 0.3) is 10.9 Å². The Morgan fingerprint density at radius 3 is 2.52 bits per heavy atom. The quantitative estimate of drug-likeness (QED) is 0.358. The number of aromatic amines is 1. The van der Waals surface area contributed by atoms with Gasteiger partial charge in [-0.05, 0) is 31.5 Å². The first kappa shape index (κ1) is 17.6. The highest BCUT2D eigenvalue weighted by Gasteiger charge is 2.31. The molecular formula is C17H22N2O6. The molecule has 4 atom stereocenters. The van der Waals surface area contributed by atoms with Gasteiger partial charge in [-0.1, -0.05) is 6.07 Å². The number of aliphatic hydroxyl groups excluding tert-OH is 4. The lowest BCUT2D eigenvalue weighted by Crippen LogP contribution is -2.49. The highest BCUT2D eigenvalue weighted by atomic mass is 16.4. The summed E-state index contributed by atoms with van der Waals surface area (Å²) >= 11 is 0. The van der Waals surface area contributed by atoms with Crippen LogP contribution in [0.3, 0.4) is 0 Å². The van der Waals surface area contributed by atoms with Gasteiger partial charge in [0.15, 0.2) is 1.41 Å². The van der Waals surface area contributed by atoms with Gasteiger partial charge in [0.2, 0.25) is 0 Å². The molecule has 1 aromatic heterocycles. The maximum absolute atomic E-state index is 11.9. The Kier molecular flexibility index (Phi) is 5.44. The normalized spacial score (nSPS) is 16.8. The lowest BCUT2D eigenvalue weighted by atomic mass is 10.0. The Hall–Kier alpha value is -2.26. The second-order valence-electron chi connectivity index (χ2n) is 5.92. The monoisotopic (exact) mass is 351 g/mol. The minimum atomic E-state index is -1.81. The van der Waals surface area contributed by atoms with Crippen molar-refractivity contribution in [2.24, 2.45) is 0 Å². The molecule has 0 spiro atoms. The highest BCUT2D eigenvalue weighted by Crippen LogP contribution is 2.22. The molecule has 6 N–H and O–H groups in total. The highest BCUT2D eigenvalue weighted by molar-refractivity contribution is 5.86. The lowest BCUT2D eigenvalue weighted by Gasteiger charge is -2.27. The van der Waals surface area contributed by atoms with Crippen LogP contribution in [0.4, 0.5) is 5.69 Å². The van der Waals surface area contributed by atoms with Gasteiger partial charge in [0.1, 0.15) is 30.6 Å². The first-order chi connectivity index (χ1) is 12.2. The van der Waals surface area contributed by atoms with Crippen molar-refractivity contribution in [2.45, 2.75) is 38.2 Å². The molecule has 136 valence electrons. The zero-order valence-corrected chi connectivity index (χ0v) is 13.9. The molecule has 0 saturated heterocycles. The third-order valence-electron chi connectivity index (χ3n) is 4.28. The fourth-order valence-electron chi connectivity index (χ4n) is 2.53. The van der Waals surface area contributed by atoms with Crippen LogP contribution in [0.1, 0.15) is 11.1 Å². The van der Waals surface area contributed by atoms with E-state index in [1.54, 1.807) is 19.9 Å². The van der Waals surface area contributed by atoms with Crippen molar-refractivity contribution in [3.8, 4) is 0 Å². The minimum absolute atomic E-state index is 0.193. The molecule has 0 aliphatic heterocycles. The van der Waals surface area contributed by atoms with E-state index in [9.17, 15) is 24.9 Å². The van der Waals surface area contributed by atoms with Crippen molar-refractivity contribution in [2.75, 3.05) is 11.9 Å². The third-order valence-corrected chi connectivity index (χ3v) is 4.28. The van der Waals surface area contributed by atoms with Crippen molar-refractivity contribution < 1.29 is 26.6 Å². The molecular weight excluding hydrogens is 328 g/mol. The number of nitrogens with one attached hydrogen (secondary N) is 2. The second-order valence-corrected chi connectivity index (χ2v) is 5.92. The lowest BCUT2D eigenvalue weighted by molar-refractivity contribution is -0.117. The van der Waals surface area contributed by atoms with E-state index in [0.29, 0.717) is 16.4 Å². The molecule has 8 nitrogen and oxygen atoms in total. The number of pyridine rings is 1. The summed E-state index contributed by atoms with van der Waals surface area (Å²) in [6.07, 6.45) is -5.01. The number of aryl methyl sites for hydroxylation is 1. The molecule has 0 amide bonds. The number of rotatable bonds is 7. The fraction of sp³-hybridized carbons (Fsp3) is 0.412. The zero-order valence-electron chi connectivity index (χ0n) is 14.9. The number of carbonyl (C=O) groups excluding carboxylic acids is 1. The number of carbonyl (C=O) groups is 1. The van der Waals surface area contributed by atoms with Gasteiger partial charge in [0.25, 0.3) is 5.56 Å². The minimum Gasteiger partial charge on any atom is -0.394 e. The molecule has 0 radical (unpaired) electrons. The van der Waals surface area contributed by atoms with Crippen molar-refractivity contribution in [1.29, 1.82) is 0 Å². The largest absolute Gasteiger partial charge is 0.394 e.